The van der Waals surface area contributed by atoms with E-state index in [0.29, 0.717) is 42.4 Å². The van der Waals surface area contributed by atoms with Crippen LogP contribution in [0.2, 0.25) is 0 Å². The number of thiophene rings is 1. The third-order valence-corrected chi connectivity index (χ3v) is 4.81. The molecular formula is C16H15N3O2S. The Labute approximate surface area is 132 Å². The number of ketones is 1. The standard InChI is InChI=1S/C16H15N3O2S/c1-18-13-12(17)15(14(20)11-5-3-2-4-6-11)22-16(13)19-7-9-21-10-8-19/h2-6H,7-10,17H2. The Kier molecular flexibility index (Phi) is 4.09. The number of hydrogen-bond acceptors (Lipinski definition) is 5. The van der Waals surface area contributed by atoms with Gasteiger partial charge in [0.25, 0.3) is 0 Å². The van der Waals surface area contributed by atoms with Crippen molar-refractivity contribution in [2.24, 2.45) is 0 Å². The minimum Gasteiger partial charge on any atom is -0.406 e. The molecule has 2 aromatic rings. The van der Waals surface area contributed by atoms with E-state index in [2.05, 4.69) is 9.74 Å². The molecular weight excluding hydrogens is 298 g/mol. The Balaban J connectivity index is 2.01. The normalized spacial score (nSPS) is 14.6. The van der Waals surface area contributed by atoms with Crippen molar-refractivity contribution in [2.45, 2.75) is 0 Å². The average molecular weight is 313 g/mol. The first kappa shape index (κ1) is 14.6. The van der Waals surface area contributed by atoms with Gasteiger partial charge in [-0.15, -0.1) is 11.3 Å². The van der Waals surface area contributed by atoms with Crippen molar-refractivity contribution >= 4 is 33.5 Å². The van der Waals surface area contributed by atoms with Crippen LogP contribution in [0.1, 0.15) is 15.2 Å². The van der Waals surface area contributed by atoms with Gasteiger partial charge in [-0.2, -0.15) is 0 Å². The Bertz CT molecular complexity index is 728. The molecule has 0 bridgehead atoms. The summed E-state index contributed by atoms with van der Waals surface area (Å²) in [6.07, 6.45) is 0. The molecule has 0 amide bonds. The molecule has 6 heteroatoms. The summed E-state index contributed by atoms with van der Waals surface area (Å²) in [6, 6.07) is 9.00. The Hall–Kier alpha value is -2.36. The third kappa shape index (κ3) is 2.56. The second-order valence-electron chi connectivity index (χ2n) is 4.90. The van der Waals surface area contributed by atoms with Crippen LogP contribution in [0.3, 0.4) is 0 Å². The molecule has 1 fully saturated rings. The predicted octanol–water partition coefficient (Wildman–Crippen LogP) is 2.95. The number of rotatable bonds is 3. The van der Waals surface area contributed by atoms with Crippen LogP contribution in [-0.2, 0) is 4.74 Å². The highest BCUT2D eigenvalue weighted by Gasteiger charge is 2.26. The fourth-order valence-electron chi connectivity index (χ4n) is 2.40. The van der Waals surface area contributed by atoms with E-state index in [1.54, 1.807) is 12.1 Å². The predicted molar refractivity (Wildman–Crippen MR) is 87.9 cm³/mol. The van der Waals surface area contributed by atoms with Gasteiger partial charge in [0.15, 0.2) is 0 Å². The van der Waals surface area contributed by atoms with E-state index in [4.69, 9.17) is 17.0 Å². The van der Waals surface area contributed by atoms with Gasteiger partial charge in [0.05, 0.1) is 35.4 Å². The monoisotopic (exact) mass is 313 g/mol. The summed E-state index contributed by atoms with van der Waals surface area (Å²) < 4.78 is 5.34. The number of morpholine rings is 1. The summed E-state index contributed by atoms with van der Waals surface area (Å²) in [5.41, 5.74) is 7.33. The van der Waals surface area contributed by atoms with Gasteiger partial charge in [-0.05, 0) is 0 Å². The number of anilines is 2. The lowest BCUT2D eigenvalue weighted by atomic mass is 10.1. The van der Waals surface area contributed by atoms with Crippen molar-refractivity contribution < 1.29 is 9.53 Å². The highest BCUT2D eigenvalue weighted by Crippen LogP contribution is 2.45. The molecule has 0 radical (unpaired) electrons. The number of carbonyl (C=O) groups excluding carboxylic acids is 1. The quantitative estimate of drug-likeness (QED) is 0.699. The molecule has 0 atom stereocenters. The maximum atomic E-state index is 12.6. The van der Waals surface area contributed by atoms with Crippen LogP contribution in [0.15, 0.2) is 30.3 Å². The van der Waals surface area contributed by atoms with Crippen molar-refractivity contribution in [3.63, 3.8) is 0 Å². The summed E-state index contributed by atoms with van der Waals surface area (Å²) in [5.74, 6) is -0.132. The van der Waals surface area contributed by atoms with Gasteiger partial charge in [-0.1, -0.05) is 30.3 Å². The molecule has 1 aliphatic heterocycles. The van der Waals surface area contributed by atoms with Crippen molar-refractivity contribution in [1.82, 2.24) is 0 Å². The smallest absolute Gasteiger partial charge is 0.243 e. The van der Waals surface area contributed by atoms with E-state index in [1.165, 1.54) is 11.3 Å². The van der Waals surface area contributed by atoms with Crippen LogP contribution in [0.5, 0.6) is 0 Å². The highest BCUT2D eigenvalue weighted by molar-refractivity contribution is 7.19. The van der Waals surface area contributed by atoms with Crippen LogP contribution in [0.25, 0.3) is 4.85 Å². The number of ether oxygens (including phenoxy) is 1. The molecule has 0 saturated carbocycles. The van der Waals surface area contributed by atoms with Crippen molar-refractivity contribution in [2.75, 3.05) is 36.9 Å². The van der Waals surface area contributed by atoms with Crippen molar-refractivity contribution in [3.05, 3.63) is 52.2 Å². The zero-order valence-electron chi connectivity index (χ0n) is 11.9. The van der Waals surface area contributed by atoms with Gasteiger partial charge >= 0.3 is 0 Å². The summed E-state index contributed by atoms with van der Waals surface area (Å²) in [5, 5.41) is 0.773. The van der Waals surface area contributed by atoms with Crippen molar-refractivity contribution in [1.29, 1.82) is 0 Å². The fourth-order valence-corrected chi connectivity index (χ4v) is 3.58. The maximum Gasteiger partial charge on any atom is 0.243 e. The van der Waals surface area contributed by atoms with Crippen LogP contribution < -0.4 is 10.6 Å². The molecule has 3 rings (SSSR count). The van der Waals surface area contributed by atoms with Crippen LogP contribution in [0, 0.1) is 6.57 Å². The van der Waals surface area contributed by atoms with Crippen molar-refractivity contribution in [3.8, 4) is 0 Å². The molecule has 0 aliphatic carbocycles. The second-order valence-corrected chi connectivity index (χ2v) is 5.90. The maximum absolute atomic E-state index is 12.6. The Morgan fingerprint density at radius 1 is 1.27 bits per heavy atom. The number of nitrogens with two attached hydrogens (primary N) is 1. The summed E-state index contributed by atoms with van der Waals surface area (Å²) in [6.45, 7) is 10.0. The molecule has 112 valence electrons. The van der Waals surface area contributed by atoms with E-state index in [0.717, 1.165) is 5.00 Å². The van der Waals surface area contributed by atoms with Crippen LogP contribution in [-0.4, -0.2) is 32.1 Å². The minimum atomic E-state index is -0.132. The summed E-state index contributed by atoms with van der Waals surface area (Å²) in [4.78, 5) is 18.7. The zero-order valence-corrected chi connectivity index (χ0v) is 12.7. The Morgan fingerprint density at radius 3 is 2.59 bits per heavy atom. The Morgan fingerprint density at radius 2 is 1.95 bits per heavy atom. The first-order valence-electron chi connectivity index (χ1n) is 6.94. The highest BCUT2D eigenvalue weighted by atomic mass is 32.1. The number of nitrogens with zero attached hydrogens (tertiary/aromatic N) is 2. The molecule has 1 aliphatic rings. The summed E-state index contributed by atoms with van der Waals surface area (Å²) in [7, 11) is 0. The fraction of sp³-hybridized carbons (Fsp3) is 0.250. The molecule has 1 aromatic carbocycles. The van der Waals surface area contributed by atoms with E-state index in [-0.39, 0.29) is 11.5 Å². The molecule has 2 heterocycles. The van der Waals surface area contributed by atoms with E-state index in [9.17, 15) is 4.79 Å². The largest absolute Gasteiger partial charge is 0.406 e. The molecule has 1 saturated heterocycles. The van der Waals surface area contributed by atoms with Crippen LogP contribution >= 0.6 is 11.3 Å². The number of nitrogen functional groups attached to an aromatic ring is 1. The van der Waals surface area contributed by atoms with E-state index in [1.807, 2.05) is 18.2 Å². The molecule has 0 unspecified atom stereocenters. The van der Waals surface area contributed by atoms with E-state index >= 15 is 0 Å². The first-order chi connectivity index (χ1) is 10.7. The molecule has 22 heavy (non-hydrogen) atoms. The number of hydrogen-bond donors (Lipinski definition) is 1. The topological polar surface area (TPSA) is 59.9 Å². The number of benzene rings is 1. The van der Waals surface area contributed by atoms with E-state index < -0.39 is 0 Å². The second kappa shape index (κ2) is 6.18. The first-order valence-corrected chi connectivity index (χ1v) is 7.76. The summed E-state index contributed by atoms with van der Waals surface area (Å²) >= 11 is 1.30. The molecule has 5 nitrogen and oxygen atoms in total. The van der Waals surface area contributed by atoms with Gasteiger partial charge in [-0.25, -0.2) is 4.85 Å². The molecule has 1 aromatic heterocycles. The van der Waals surface area contributed by atoms with Crippen LogP contribution in [0.4, 0.5) is 16.4 Å². The third-order valence-electron chi connectivity index (χ3n) is 3.55. The van der Waals surface area contributed by atoms with Gasteiger partial charge in [-0.3, -0.25) is 4.79 Å². The minimum absolute atomic E-state index is 0.132. The van der Waals surface area contributed by atoms with Gasteiger partial charge in [0, 0.05) is 18.7 Å². The molecule has 2 N–H and O–H groups in total. The molecule has 0 spiro atoms. The SMILES string of the molecule is [C-]#[N+]c1c(N2CCOCC2)sc(C(=O)c2ccccc2)c1N. The lowest BCUT2D eigenvalue weighted by Gasteiger charge is -2.27. The van der Waals surface area contributed by atoms with Gasteiger partial charge in [0.1, 0.15) is 0 Å². The lowest BCUT2D eigenvalue weighted by molar-refractivity contribution is 0.104. The lowest BCUT2D eigenvalue weighted by Crippen LogP contribution is -2.35. The average Bonchev–Trinajstić information content (AvgIpc) is 2.92. The van der Waals surface area contributed by atoms with Gasteiger partial charge in [0.2, 0.25) is 11.5 Å². The zero-order chi connectivity index (χ0) is 15.5. The number of carbonyl (C=O) groups is 1. The van der Waals surface area contributed by atoms with Gasteiger partial charge < -0.3 is 15.4 Å².